The first kappa shape index (κ1) is 30.9. The maximum atomic E-state index is 5.44. The third-order valence-corrected chi connectivity index (χ3v) is 8.33. The van der Waals surface area contributed by atoms with Gasteiger partial charge in [-0.3, -0.25) is 0 Å². The average Bonchev–Trinajstić information content (AvgIpc) is 3.30. The molecule has 4 aromatic rings. The van der Waals surface area contributed by atoms with Crippen LogP contribution in [0.1, 0.15) is 129 Å². The number of hydrogen-bond donors (Lipinski definition) is 1. The Morgan fingerprint density at radius 2 is 1.46 bits per heavy atom. The van der Waals surface area contributed by atoms with Gasteiger partial charge in [0.05, 0.1) is 11.2 Å². The van der Waals surface area contributed by atoms with E-state index in [9.17, 15) is 0 Å². The quantitative estimate of drug-likeness (QED) is 0.177. The van der Waals surface area contributed by atoms with Crippen molar-refractivity contribution in [1.29, 1.82) is 0 Å². The highest BCUT2D eigenvalue weighted by Gasteiger charge is 2.21. The van der Waals surface area contributed by atoms with Crippen LogP contribution in [0.5, 0.6) is 0 Å². The van der Waals surface area contributed by atoms with Crippen LogP contribution in [0.2, 0.25) is 0 Å². The van der Waals surface area contributed by atoms with Crippen LogP contribution >= 0.6 is 0 Å². The first-order valence-electron chi connectivity index (χ1n) is 16.1. The third-order valence-electron chi connectivity index (χ3n) is 8.33. The molecule has 0 fully saturated rings. The molecule has 0 saturated heterocycles. The zero-order chi connectivity index (χ0) is 29.7. The summed E-state index contributed by atoms with van der Waals surface area (Å²) in [5, 5.41) is 3.90. The second-order valence-electron chi connectivity index (χ2n) is 13.5. The summed E-state index contributed by atoms with van der Waals surface area (Å²) < 4.78 is 2.47. The number of anilines is 2. The molecule has 0 saturated carbocycles. The SMILES string of the molecule is CCCCCc1cc(-c2nc3c(Nc4c(C(C)C)cccc4C(C)C)cccc3n2CCCC)cc(C(C)(C)C)c1. The van der Waals surface area contributed by atoms with Gasteiger partial charge in [-0.2, -0.15) is 0 Å². The molecule has 1 heterocycles. The van der Waals surface area contributed by atoms with E-state index in [2.05, 4.69) is 127 Å². The van der Waals surface area contributed by atoms with E-state index in [1.165, 1.54) is 58.3 Å². The normalized spacial score (nSPS) is 12.2. The lowest BCUT2D eigenvalue weighted by Crippen LogP contribution is -2.12. The van der Waals surface area contributed by atoms with Crippen LogP contribution in [0.4, 0.5) is 11.4 Å². The molecule has 0 amide bonds. The van der Waals surface area contributed by atoms with Crippen LogP contribution < -0.4 is 5.32 Å². The number of nitrogens with one attached hydrogen (secondary N) is 1. The number of aromatic nitrogens is 2. The summed E-state index contributed by atoms with van der Waals surface area (Å²) >= 11 is 0. The van der Waals surface area contributed by atoms with Gasteiger partial charge in [-0.1, -0.05) is 112 Å². The van der Waals surface area contributed by atoms with Crippen molar-refractivity contribution in [1.82, 2.24) is 9.55 Å². The molecular formula is C38H53N3. The highest BCUT2D eigenvalue weighted by atomic mass is 15.1. The summed E-state index contributed by atoms with van der Waals surface area (Å²) in [6, 6.07) is 20.6. The third kappa shape index (κ3) is 7.05. The maximum absolute atomic E-state index is 5.44. The van der Waals surface area contributed by atoms with Crippen molar-refractivity contribution in [3.05, 3.63) is 76.9 Å². The zero-order valence-corrected chi connectivity index (χ0v) is 27.2. The Labute approximate surface area is 249 Å². The van der Waals surface area contributed by atoms with Gasteiger partial charge in [-0.05, 0) is 83.0 Å². The van der Waals surface area contributed by atoms with Crippen molar-refractivity contribution in [3.8, 4) is 11.4 Å². The van der Waals surface area contributed by atoms with E-state index in [4.69, 9.17) is 4.98 Å². The first-order valence-corrected chi connectivity index (χ1v) is 16.1. The Hall–Kier alpha value is -3.07. The van der Waals surface area contributed by atoms with Gasteiger partial charge in [-0.25, -0.2) is 4.98 Å². The molecular weight excluding hydrogens is 498 g/mol. The van der Waals surface area contributed by atoms with Crippen molar-refractivity contribution < 1.29 is 0 Å². The smallest absolute Gasteiger partial charge is 0.141 e. The average molecular weight is 552 g/mol. The van der Waals surface area contributed by atoms with Crippen molar-refractivity contribution in [3.63, 3.8) is 0 Å². The van der Waals surface area contributed by atoms with E-state index in [1.54, 1.807) is 0 Å². The summed E-state index contributed by atoms with van der Waals surface area (Å²) in [4.78, 5) is 5.44. The molecule has 0 unspecified atom stereocenters. The molecule has 1 N–H and O–H groups in total. The fourth-order valence-corrected chi connectivity index (χ4v) is 5.82. The number of hydrogen-bond acceptors (Lipinski definition) is 2. The van der Waals surface area contributed by atoms with E-state index in [-0.39, 0.29) is 5.41 Å². The Bertz CT molecular complexity index is 1420. The van der Waals surface area contributed by atoms with Crippen LogP contribution in [0.3, 0.4) is 0 Å². The molecule has 0 radical (unpaired) electrons. The van der Waals surface area contributed by atoms with Gasteiger partial charge in [0.1, 0.15) is 11.3 Å². The molecule has 0 aliphatic heterocycles. The Balaban J connectivity index is 1.91. The van der Waals surface area contributed by atoms with Gasteiger partial charge in [-0.15, -0.1) is 0 Å². The summed E-state index contributed by atoms with van der Waals surface area (Å²) in [5.74, 6) is 1.95. The van der Waals surface area contributed by atoms with Crippen LogP contribution in [0, 0.1) is 0 Å². The fourth-order valence-electron chi connectivity index (χ4n) is 5.82. The highest BCUT2D eigenvalue weighted by molar-refractivity contribution is 5.93. The predicted molar refractivity (Wildman–Crippen MR) is 180 cm³/mol. The van der Waals surface area contributed by atoms with Gasteiger partial charge < -0.3 is 9.88 Å². The molecule has 0 spiro atoms. The molecule has 3 nitrogen and oxygen atoms in total. The number of rotatable bonds is 12. The number of fused-ring (bicyclic) bond motifs is 1. The minimum absolute atomic E-state index is 0.0797. The van der Waals surface area contributed by atoms with Gasteiger partial charge in [0.25, 0.3) is 0 Å². The number of aryl methyl sites for hydroxylation is 2. The molecule has 220 valence electrons. The summed E-state index contributed by atoms with van der Waals surface area (Å²) in [5.41, 5.74) is 11.4. The molecule has 0 atom stereocenters. The molecule has 0 aliphatic carbocycles. The topological polar surface area (TPSA) is 29.9 Å². The Morgan fingerprint density at radius 3 is 2.07 bits per heavy atom. The fraction of sp³-hybridized carbons (Fsp3) is 0.500. The van der Waals surface area contributed by atoms with Crippen molar-refractivity contribution in [2.75, 3.05) is 5.32 Å². The van der Waals surface area contributed by atoms with Crippen LogP contribution in [-0.4, -0.2) is 9.55 Å². The van der Waals surface area contributed by atoms with Gasteiger partial charge >= 0.3 is 0 Å². The van der Waals surface area contributed by atoms with Crippen LogP contribution in [0.15, 0.2) is 54.6 Å². The van der Waals surface area contributed by atoms with Crippen molar-refractivity contribution in [2.24, 2.45) is 0 Å². The van der Waals surface area contributed by atoms with E-state index >= 15 is 0 Å². The maximum Gasteiger partial charge on any atom is 0.141 e. The summed E-state index contributed by atoms with van der Waals surface area (Å²) in [6.45, 7) is 21.6. The first-order chi connectivity index (χ1) is 19.5. The van der Waals surface area contributed by atoms with Gasteiger partial charge in [0.15, 0.2) is 0 Å². The summed E-state index contributed by atoms with van der Waals surface area (Å²) in [6.07, 6.45) is 7.16. The Kier molecular flexibility index (Phi) is 10.00. The molecule has 1 aromatic heterocycles. The lowest BCUT2D eigenvalue weighted by atomic mass is 9.84. The van der Waals surface area contributed by atoms with Crippen LogP contribution in [-0.2, 0) is 18.4 Å². The molecule has 3 heteroatoms. The number of nitrogens with zero attached hydrogens (tertiary/aromatic N) is 2. The van der Waals surface area contributed by atoms with E-state index < -0.39 is 0 Å². The van der Waals surface area contributed by atoms with Gasteiger partial charge in [0.2, 0.25) is 0 Å². The minimum Gasteiger partial charge on any atom is -0.353 e. The zero-order valence-electron chi connectivity index (χ0n) is 27.2. The largest absolute Gasteiger partial charge is 0.353 e. The second-order valence-corrected chi connectivity index (χ2v) is 13.5. The van der Waals surface area contributed by atoms with E-state index in [1.807, 2.05) is 0 Å². The number of benzene rings is 3. The molecule has 0 aliphatic rings. The second kappa shape index (κ2) is 13.3. The monoisotopic (exact) mass is 551 g/mol. The standard InChI is InChI=1S/C38H53N3/c1-10-12-14-17-28-23-29(25-30(24-28)38(7,8)9)37-40-36-33(20-16-21-34(36)41(37)22-13-11-2)39-35-31(26(3)4)18-15-19-32(35)27(5)6/h15-16,18-21,23-27,39H,10-14,17,22H2,1-9H3. The molecule has 0 bridgehead atoms. The van der Waals surface area contributed by atoms with Gasteiger partial charge in [0, 0.05) is 17.8 Å². The lowest BCUT2D eigenvalue weighted by Gasteiger charge is -2.22. The summed E-state index contributed by atoms with van der Waals surface area (Å²) in [7, 11) is 0. The minimum atomic E-state index is 0.0797. The van der Waals surface area contributed by atoms with Crippen molar-refractivity contribution >= 4 is 22.4 Å². The Morgan fingerprint density at radius 1 is 0.805 bits per heavy atom. The number of para-hydroxylation sites is 2. The highest BCUT2D eigenvalue weighted by Crippen LogP contribution is 2.38. The van der Waals surface area contributed by atoms with Crippen molar-refractivity contribution in [2.45, 2.75) is 125 Å². The molecule has 4 rings (SSSR count). The number of unbranched alkanes of at least 4 members (excludes halogenated alkanes) is 3. The predicted octanol–water partition coefficient (Wildman–Crippen LogP) is 11.5. The number of imidazole rings is 1. The molecule has 3 aromatic carbocycles. The van der Waals surface area contributed by atoms with E-state index in [0.717, 1.165) is 42.8 Å². The van der Waals surface area contributed by atoms with Crippen LogP contribution in [0.25, 0.3) is 22.4 Å². The molecule has 41 heavy (non-hydrogen) atoms. The lowest BCUT2D eigenvalue weighted by molar-refractivity contribution is 0.588. The van der Waals surface area contributed by atoms with E-state index in [0.29, 0.717) is 11.8 Å².